The molecule has 0 heterocycles. The molecule has 0 radical (unpaired) electrons. The lowest BCUT2D eigenvalue weighted by molar-refractivity contribution is -0.136. The summed E-state index contributed by atoms with van der Waals surface area (Å²) in [5.41, 5.74) is 2.55. The Morgan fingerprint density at radius 1 is 0.852 bits per heavy atom. The second kappa shape index (κ2) is 8.84. The smallest absolute Gasteiger partial charge is 0.313 e. The number of carbonyl (C=O) groups excluding carboxylic acids is 3. The fourth-order valence-electron chi connectivity index (χ4n) is 2.37. The zero-order chi connectivity index (χ0) is 20.0. The van der Waals surface area contributed by atoms with Crippen LogP contribution in [0, 0.1) is 0 Å². The van der Waals surface area contributed by atoms with Gasteiger partial charge in [-0.25, -0.2) is 0 Å². The summed E-state index contributed by atoms with van der Waals surface area (Å²) in [5.74, 6) is -1.84. The number of nitrogens with zero attached hydrogens (tertiary/aromatic N) is 2. The Morgan fingerprint density at radius 2 is 1.48 bits per heavy atom. The lowest BCUT2D eigenvalue weighted by atomic mass is 10.1. The predicted molar refractivity (Wildman–Crippen MR) is 106 cm³/mol. The van der Waals surface area contributed by atoms with Crippen molar-refractivity contribution in [2.45, 2.75) is 6.54 Å². The number of amides is 3. The van der Waals surface area contributed by atoms with Crippen molar-refractivity contribution in [1.29, 1.82) is 0 Å². The quantitative estimate of drug-likeness (QED) is 0.787. The molecule has 0 atom stereocenters. The molecule has 3 amide bonds. The molecule has 0 aliphatic carbocycles. The zero-order valence-corrected chi connectivity index (χ0v) is 15.9. The monoisotopic (exact) mass is 368 g/mol. The zero-order valence-electron chi connectivity index (χ0n) is 15.9. The van der Waals surface area contributed by atoms with Gasteiger partial charge in [0.15, 0.2) is 0 Å². The number of hydrogen-bond donors (Lipinski definition) is 2. The van der Waals surface area contributed by atoms with Crippen LogP contribution in [-0.2, 0) is 16.1 Å². The second-order valence-electron chi connectivity index (χ2n) is 6.44. The fraction of sp³-hybridized carbons (Fsp3) is 0.250. The van der Waals surface area contributed by atoms with Gasteiger partial charge in [0, 0.05) is 40.4 Å². The summed E-state index contributed by atoms with van der Waals surface area (Å²) in [6.07, 6.45) is 0. The molecule has 0 saturated heterocycles. The summed E-state index contributed by atoms with van der Waals surface area (Å²) in [4.78, 5) is 39.8. The van der Waals surface area contributed by atoms with Crippen molar-refractivity contribution < 1.29 is 14.4 Å². The van der Waals surface area contributed by atoms with Crippen LogP contribution < -0.4 is 15.5 Å². The van der Waals surface area contributed by atoms with Gasteiger partial charge in [0.2, 0.25) is 0 Å². The van der Waals surface area contributed by atoms with Crippen LogP contribution in [0.25, 0.3) is 0 Å². The van der Waals surface area contributed by atoms with E-state index in [1.54, 1.807) is 38.4 Å². The van der Waals surface area contributed by atoms with E-state index in [4.69, 9.17) is 0 Å². The van der Waals surface area contributed by atoms with Crippen LogP contribution in [0.3, 0.4) is 0 Å². The van der Waals surface area contributed by atoms with Crippen LogP contribution in [0.2, 0.25) is 0 Å². The van der Waals surface area contributed by atoms with Gasteiger partial charge in [-0.05, 0) is 29.8 Å². The van der Waals surface area contributed by atoms with Crippen LogP contribution >= 0.6 is 0 Å². The molecule has 2 rings (SSSR count). The van der Waals surface area contributed by atoms with Gasteiger partial charge in [-0.2, -0.15) is 0 Å². The molecule has 0 bridgehead atoms. The molecule has 2 aromatic rings. The van der Waals surface area contributed by atoms with Crippen molar-refractivity contribution in [2.24, 2.45) is 0 Å². The van der Waals surface area contributed by atoms with E-state index in [1.807, 2.05) is 43.3 Å². The third-order valence-corrected chi connectivity index (χ3v) is 3.92. The van der Waals surface area contributed by atoms with Crippen LogP contribution in [0.15, 0.2) is 48.5 Å². The van der Waals surface area contributed by atoms with Gasteiger partial charge in [-0.15, -0.1) is 0 Å². The van der Waals surface area contributed by atoms with Crippen molar-refractivity contribution in [1.82, 2.24) is 10.2 Å². The number of anilines is 2. The average molecular weight is 368 g/mol. The summed E-state index contributed by atoms with van der Waals surface area (Å²) in [5, 5.41) is 5.08. The lowest BCUT2D eigenvalue weighted by Crippen LogP contribution is -2.35. The Balaban J connectivity index is 1.98. The molecule has 7 nitrogen and oxygen atoms in total. The molecule has 0 fully saturated rings. The van der Waals surface area contributed by atoms with Crippen LogP contribution in [0.1, 0.15) is 15.9 Å². The SMILES string of the molecule is CN(C)C(=O)c1ccccc1NC(=O)C(=O)NCc1ccc(N(C)C)cc1. The molecule has 0 aromatic heterocycles. The van der Waals surface area contributed by atoms with E-state index in [1.165, 1.54) is 4.90 Å². The Kier molecular flexibility index (Phi) is 6.54. The molecular weight excluding hydrogens is 344 g/mol. The standard InChI is InChI=1S/C20H24N4O3/c1-23(2)15-11-9-14(10-12-15)13-21-18(25)19(26)22-17-8-6-5-7-16(17)20(27)24(3)4/h5-12H,13H2,1-4H3,(H,21,25)(H,22,26). The Morgan fingerprint density at radius 3 is 2.07 bits per heavy atom. The molecule has 142 valence electrons. The number of para-hydroxylation sites is 1. The van der Waals surface area contributed by atoms with E-state index in [0.717, 1.165) is 11.3 Å². The molecule has 0 unspecified atom stereocenters. The van der Waals surface area contributed by atoms with E-state index < -0.39 is 11.8 Å². The molecule has 0 aliphatic heterocycles. The van der Waals surface area contributed by atoms with Crippen molar-refractivity contribution in [2.75, 3.05) is 38.4 Å². The van der Waals surface area contributed by atoms with Crippen molar-refractivity contribution in [3.63, 3.8) is 0 Å². The molecule has 7 heteroatoms. The highest BCUT2D eigenvalue weighted by atomic mass is 16.2. The van der Waals surface area contributed by atoms with E-state index in [2.05, 4.69) is 10.6 Å². The maximum atomic E-state index is 12.2. The van der Waals surface area contributed by atoms with Crippen molar-refractivity contribution in [3.05, 3.63) is 59.7 Å². The maximum Gasteiger partial charge on any atom is 0.313 e. The Hall–Kier alpha value is -3.35. The molecule has 27 heavy (non-hydrogen) atoms. The van der Waals surface area contributed by atoms with Gasteiger partial charge in [-0.1, -0.05) is 24.3 Å². The summed E-state index contributed by atoms with van der Waals surface area (Å²) in [7, 11) is 7.13. The summed E-state index contributed by atoms with van der Waals surface area (Å²) in [6, 6.07) is 14.2. The van der Waals surface area contributed by atoms with Crippen LogP contribution in [-0.4, -0.2) is 50.8 Å². The average Bonchev–Trinajstić information content (AvgIpc) is 2.66. The minimum atomic E-state index is -0.820. The van der Waals surface area contributed by atoms with E-state index >= 15 is 0 Å². The van der Waals surface area contributed by atoms with Gasteiger partial charge >= 0.3 is 11.8 Å². The maximum absolute atomic E-state index is 12.2. The number of hydrogen-bond acceptors (Lipinski definition) is 4. The van der Waals surface area contributed by atoms with E-state index in [0.29, 0.717) is 11.3 Å². The number of nitrogens with one attached hydrogen (secondary N) is 2. The van der Waals surface area contributed by atoms with Crippen LogP contribution in [0.5, 0.6) is 0 Å². The number of rotatable bonds is 5. The van der Waals surface area contributed by atoms with Crippen molar-refractivity contribution in [3.8, 4) is 0 Å². The Labute approximate surface area is 159 Å². The first-order valence-corrected chi connectivity index (χ1v) is 8.45. The number of carbonyl (C=O) groups is 3. The Bertz CT molecular complexity index is 829. The summed E-state index contributed by atoms with van der Waals surface area (Å²) < 4.78 is 0. The van der Waals surface area contributed by atoms with Gasteiger partial charge in [-0.3, -0.25) is 14.4 Å². The molecule has 2 N–H and O–H groups in total. The highest BCUT2D eigenvalue weighted by Gasteiger charge is 2.18. The highest BCUT2D eigenvalue weighted by Crippen LogP contribution is 2.16. The highest BCUT2D eigenvalue weighted by molar-refractivity contribution is 6.40. The topological polar surface area (TPSA) is 81.8 Å². The summed E-state index contributed by atoms with van der Waals surface area (Å²) in [6.45, 7) is 0.234. The molecule has 2 aromatic carbocycles. The molecule has 0 saturated carbocycles. The minimum Gasteiger partial charge on any atom is -0.378 e. The third-order valence-electron chi connectivity index (χ3n) is 3.92. The van der Waals surface area contributed by atoms with Gasteiger partial charge in [0.05, 0.1) is 11.3 Å². The normalized spacial score (nSPS) is 10.1. The second-order valence-corrected chi connectivity index (χ2v) is 6.44. The van der Waals surface area contributed by atoms with Gasteiger partial charge in [0.1, 0.15) is 0 Å². The first-order chi connectivity index (χ1) is 12.8. The fourth-order valence-corrected chi connectivity index (χ4v) is 2.37. The number of benzene rings is 2. The first kappa shape index (κ1) is 20.0. The van der Waals surface area contributed by atoms with Crippen molar-refractivity contribution >= 4 is 29.1 Å². The molecule has 0 spiro atoms. The summed E-state index contributed by atoms with van der Waals surface area (Å²) >= 11 is 0. The predicted octanol–water partition coefficient (Wildman–Crippen LogP) is 1.71. The van der Waals surface area contributed by atoms with Crippen LogP contribution in [0.4, 0.5) is 11.4 Å². The van der Waals surface area contributed by atoms with E-state index in [-0.39, 0.29) is 12.5 Å². The lowest BCUT2D eigenvalue weighted by Gasteiger charge is -2.15. The molecule has 0 aliphatic rings. The third kappa shape index (κ3) is 5.31. The van der Waals surface area contributed by atoms with E-state index in [9.17, 15) is 14.4 Å². The van der Waals surface area contributed by atoms with Gasteiger partial charge < -0.3 is 20.4 Å². The van der Waals surface area contributed by atoms with Gasteiger partial charge in [0.25, 0.3) is 5.91 Å². The first-order valence-electron chi connectivity index (χ1n) is 8.45. The minimum absolute atomic E-state index is 0.234. The molecular formula is C20H24N4O3. The largest absolute Gasteiger partial charge is 0.378 e.